The molecule has 3 rings (SSSR count). The van der Waals surface area contributed by atoms with Crippen molar-refractivity contribution in [3.63, 3.8) is 0 Å². The van der Waals surface area contributed by atoms with Crippen LogP contribution < -0.4 is 14.2 Å². The summed E-state index contributed by atoms with van der Waals surface area (Å²) in [4.78, 5) is 36.2. The molecule has 1 N–H and O–H groups in total. The summed E-state index contributed by atoms with van der Waals surface area (Å²) in [6.45, 7) is 8.16. The van der Waals surface area contributed by atoms with Crippen molar-refractivity contribution in [2.75, 3.05) is 13.2 Å². The molecule has 1 aliphatic rings. The number of benzene rings is 2. The number of carbonyl (C=O) groups is 3. The molecule has 2 unspecified atom stereocenters. The topological polar surface area (TPSA) is 108 Å². The van der Waals surface area contributed by atoms with Gasteiger partial charge in [-0.2, -0.15) is 0 Å². The van der Waals surface area contributed by atoms with Crippen LogP contribution in [0.2, 0.25) is 0 Å². The maximum atomic E-state index is 13.0. The molecule has 2 atom stereocenters. The summed E-state index contributed by atoms with van der Waals surface area (Å²) in [5, 5.41) is 10.2. The van der Waals surface area contributed by atoms with Gasteiger partial charge in [-0.15, -0.1) is 11.6 Å². The van der Waals surface area contributed by atoms with Crippen LogP contribution in [0.25, 0.3) is 0 Å². The van der Waals surface area contributed by atoms with E-state index in [1.165, 1.54) is 6.92 Å². The molecule has 9 heteroatoms. The van der Waals surface area contributed by atoms with Gasteiger partial charge in [0.15, 0.2) is 12.4 Å². The first kappa shape index (κ1) is 26.5. The molecule has 35 heavy (non-hydrogen) atoms. The molecule has 0 amide bonds. The fourth-order valence-electron chi connectivity index (χ4n) is 3.94. The smallest absolute Gasteiger partial charge is 0.324 e. The first-order valence-electron chi connectivity index (χ1n) is 11.2. The van der Waals surface area contributed by atoms with Gasteiger partial charge in [-0.1, -0.05) is 12.1 Å². The van der Waals surface area contributed by atoms with Crippen molar-refractivity contribution in [1.82, 2.24) is 0 Å². The van der Waals surface area contributed by atoms with Crippen LogP contribution in [0.15, 0.2) is 24.3 Å². The van der Waals surface area contributed by atoms with Gasteiger partial charge in [0.25, 0.3) is 0 Å². The lowest BCUT2D eigenvalue weighted by Crippen LogP contribution is -2.47. The highest BCUT2D eigenvalue weighted by Crippen LogP contribution is 2.43. The Morgan fingerprint density at radius 3 is 2.40 bits per heavy atom. The highest BCUT2D eigenvalue weighted by molar-refractivity contribution is 6.30. The maximum Gasteiger partial charge on any atom is 0.324 e. The number of hydrogen-bond donors (Lipinski definition) is 1. The lowest BCUT2D eigenvalue weighted by molar-refractivity contribution is -0.161. The van der Waals surface area contributed by atoms with Crippen molar-refractivity contribution < 1.29 is 38.4 Å². The van der Waals surface area contributed by atoms with E-state index in [1.807, 2.05) is 0 Å². The second-order valence-electron chi connectivity index (χ2n) is 8.51. The van der Waals surface area contributed by atoms with Gasteiger partial charge in [-0.3, -0.25) is 14.4 Å². The van der Waals surface area contributed by atoms with Crippen LogP contribution in [0, 0.1) is 20.8 Å². The first-order valence-corrected chi connectivity index (χ1v) is 11.7. The molecule has 0 saturated heterocycles. The van der Waals surface area contributed by atoms with Gasteiger partial charge in [0.05, 0.1) is 18.6 Å². The summed E-state index contributed by atoms with van der Waals surface area (Å²) in [6, 6.07) is 6.86. The minimum atomic E-state index is -1.87. The van der Waals surface area contributed by atoms with Crippen LogP contribution >= 0.6 is 11.6 Å². The van der Waals surface area contributed by atoms with Gasteiger partial charge in [0, 0.05) is 12.5 Å². The summed E-state index contributed by atoms with van der Waals surface area (Å²) in [7, 11) is 0. The molecule has 0 aromatic heterocycles. The minimum absolute atomic E-state index is 0.251. The number of ether oxygens (including phenoxy) is 4. The Kier molecular flexibility index (Phi) is 8.07. The number of Topliss-reactive ketones (excluding diaryl/α,β-unsaturated/α-hetero) is 1. The van der Waals surface area contributed by atoms with E-state index in [2.05, 4.69) is 0 Å². The van der Waals surface area contributed by atoms with Crippen LogP contribution in [0.4, 0.5) is 0 Å². The van der Waals surface area contributed by atoms with Gasteiger partial charge in [0.2, 0.25) is 5.79 Å². The Morgan fingerprint density at radius 1 is 1.14 bits per heavy atom. The number of aliphatic hydroxyl groups is 1. The van der Waals surface area contributed by atoms with Crippen molar-refractivity contribution in [3.05, 3.63) is 52.1 Å². The Morgan fingerprint density at radius 2 is 1.80 bits per heavy atom. The van der Waals surface area contributed by atoms with Crippen molar-refractivity contribution in [2.24, 2.45) is 0 Å². The maximum absolute atomic E-state index is 13.0. The lowest BCUT2D eigenvalue weighted by atomic mass is 9.89. The summed E-state index contributed by atoms with van der Waals surface area (Å²) >= 11 is 6.08. The van der Waals surface area contributed by atoms with Gasteiger partial charge in [-0.05, 0) is 62.9 Å². The van der Waals surface area contributed by atoms with E-state index < -0.39 is 23.1 Å². The number of alkyl halides is 1. The molecule has 2 aromatic carbocycles. The van der Waals surface area contributed by atoms with E-state index >= 15 is 0 Å². The molecular weight excluding hydrogens is 476 g/mol. The van der Waals surface area contributed by atoms with E-state index in [0.717, 1.165) is 5.56 Å². The number of halogens is 1. The van der Waals surface area contributed by atoms with E-state index in [4.69, 9.17) is 30.5 Å². The molecule has 0 radical (unpaired) electrons. The fraction of sp³-hybridized carbons (Fsp3) is 0.423. The second-order valence-corrected chi connectivity index (χ2v) is 9.03. The monoisotopic (exact) mass is 504 g/mol. The van der Waals surface area contributed by atoms with Gasteiger partial charge >= 0.3 is 11.9 Å². The molecule has 0 spiro atoms. The van der Waals surface area contributed by atoms with Gasteiger partial charge in [0.1, 0.15) is 22.6 Å². The van der Waals surface area contributed by atoms with Crippen LogP contribution in [0.5, 0.6) is 17.2 Å². The predicted octanol–water partition coefficient (Wildman–Crippen LogP) is 3.98. The number of hydrogen-bond acceptors (Lipinski definition) is 8. The summed E-state index contributed by atoms with van der Waals surface area (Å²) in [5.74, 6) is -2.15. The number of esters is 2. The Hall–Kier alpha value is -3.10. The third kappa shape index (κ3) is 5.94. The van der Waals surface area contributed by atoms with Crippen LogP contribution in [-0.4, -0.2) is 47.2 Å². The zero-order chi connectivity index (χ0) is 25.9. The highest BCUT2D eigenvalue weighted by Gasteiger charge is 2.42. The quantitative estimate of drug-likeness (QED) is 0.326. The predicted molar refractivity (Wildman–Crippen MR) is 128 cm³/mol. The average Bonchev–Trinajstić information content (AvgIpc) is 2.79. The highest BCUT2D eigenvalue weighted by atomic mass is 35.5. The largest absolute Gasteiger partial charge is 0.487 e. The first-order chi connectivity index (χ1) is 16.5. The molecule has 0 saturated carbocycles. The van der Waals surface area contributed by atoms with E-state index in [0.29, 0.717) is 34.6 Å². The molecule has 0 aliphatic carbocycles. The van der Waals surface area contributed by atoms with Gasteiger partial charge in [-0.25, -0.2) is 0 Å². The average molecular weight is 505 g/mol. The minimum Gasteiger partial charge on any atom is -0.487 e. The van der Waals surface area contributed by atoms with E-state index in [9.17, 15) is 19.5 Å². The molecule has 1 heterocycles. The summed E-state index contributed by atoms with van der Waals surface area (Å²) in [6.07, 6.45) is -0.0271. The SMILES string of the molecule is CCOC(=O)C(Cl)Cc1ccc(OCC2(O)CC(=O)c3c(C)c(OC(C)=O)c(C)c(C)c3O2)cc1. The fourth-order valence-corrected chi connectivity index (χ4v) is 4.18. The number of ketones is 1. The van der Waals surface area contributed by atoms with Crippen molar-refractivity contribution >= 4 is 29.3 Å². The molecule has 2 aromatic rings. The van der Waals surface area contributed by atoms with Crippen LogP contribution in [0.3, 0.4) is 0 Å². The van der Waals surface area contributed by atoms with Crippen molar-refractivity contribution in [3.8, 4) is 17.2 Å². The number of rotatable bonds is 8. The van der Waals surface area contributed by atoms with E-state index in [1.54, 1.807) is 52.0 Å². The Bertz CT molecular complexity index is 1140. The molecule has 8 nitrogen and oxygen atoms in total. The van der Waals surface area contributed by atoms with Crippen LogP contribution in [0.1, 0.15) is 52.9 Å². The van der Waals surface area contributed by atoms with E-state index in [-0.39, 0.29) is 36.7 Å². The standard InChI is InChI=1S/C26H29ClO8/c1-6-32-25(30)20(27)11-18-7-9-19(10-8-18)33-13-26(31)12-21(29)22-16(4)23(34-17(5)28)14(2)15(3)24(22)35-26/h7-10,20,31H,6,11-13H2,1-5H3. The van der Waals surface area contributed by atoms with Crippen molar-refractivity contribution in [1.29, 1.82) is 0 Å². The molecule has 188 valence electrons. The lowest BCUT2D eigenvalue weighted by Gasteiger charge is -2.35. The third-order valence-corrected chi connectivity index (χ3v) is 6.12. The Balaban J connectivity index is 1.73. The summed E-state index contributed by atoms with van der Waals surface area (Å²) in [5.41, 5.74) is 2.82. The molecule has 1 aliphatic heterocycles. The third-order valence-electron chi connectivity index (χ3n) is 5.78. The van der Waals surface area contributed by atoms with Crippen molar-refractivity contribution in [2.45, 2.75) is 58.6 Å². The number of fused-ring (bicyclic) bond motifs is 1. The zero-order valence-electron chi connectivity index (χ0n) is 20.4. The molecular formula is C26H29ClO8. The van der Waals surface area contributed by atoms with Gasteiger partial charge < -0.3 is 24.1 Å². The number of carbonyl (C=O) groups excluding carboxylic acids is 3. The molecule has 0 bridgehead atoms. The normalized spacial score (nSPS) is 17.7. The second kappa shape index (κ2) is 10.7. The molecule has 0 fully saturated rings. The van der Waals surface area contributed by atoms with Crippen LogP contribution in [-0.2, 0) is 20.7 Å². The Labute approximate surface area is 209 Å². The summed E-state index contributed by atoms with van der Waals surface area (Å²) < 4.78 is 21.8. The zero-order valence-corrected chi connectivity index (χ0v) is 21.2.